The number of anilines is 1. The van der Waals surface area contributed by atoms with E-state index in [1.54, 1.807) is 4.90 Å². The highest BCUT2D eigenvalue weighted by molar-refractivity contribution is 7.92. The molecule has 1 N–H and O–H groups in total. The largest absolute Gasteiger partial charge is 0.501 e. The van der Waals surface area contributed by atoms with Gasteiger partial charge in [0.15, 0.2) is 0 Å². The molecule has 1 aromatic carbocycles. The van der Waals surface area contributed by atoms with Crippen LogP contribution in [0, 0.1) is 0 Å². The van der Waals surface area contributed by atoms with Crippen LogP contribution in [0.4, 0.5) is 18.9 Å². The second-order valence-corrected chi connectivity index (χ2v) is 5.69. The van der Waals surface area contributed by atoms with Crippen LogP contribution in [0.15, 0.2) is 29.2 Å². The van der Waals surface area contributed by atoms with Gasteiger partial charge in [-0.25, -0.2) is 8.42 Å². The second-order valence-electron chi connectivity index (χ2n) is 3.75. The Morgan fingerprint density at radius 1 is 1.21 bits per heavy atom. The lowest BCUT2D eigenvalue weighted by Crippen LogP contribution is -2.26. The van der Waals surface area contributed by atoms with Gasteiger partial charge in [0.25, 0.3) is 9.84 Å². The molecule has 1 rings (SSSR count). The first kappa shape index (κ1) is 15.8. The van der Waals surface area contributed by atoms with Gasteiger partial charge in [-0.2, -0.15) is 13.2 Å². The number of hydrogen-bond acceptors (Lipinski definition) is 4. The van der Waals surface area contributed by atoms with Crippen molar-refractivity contribution < 1.29 is 26.7 Å². The van der Waals surface area contributed by atoms with Crippen LogP contribution >= 0.6 is 0 Å². The fourth-order valence-electron chi connectivity index (χ4n) is 1.56. The zero-order chi connectivity index (χ0) is 14.7. The van der Waals surface area contributed by atoms with E-state index in [0.717, 1.165) is 12.1 Å². The third-order valence-electron chi connectivity index (χ3n) is 2.57. The Hall–Kier alpha value is -1.28. The number of likely N-dealkylation sites (N-methyl/N-ethyl adjacent to an activating group) is 1. The Kier molecular flexibility index (Phi) is 4.81. The minimum Gasteiger partial charge on any atom is -0.395 e. The molecule has 8 heteroatoms. The van der Waals surface area contributed by atoms with Crippen molar-refractivity contribution in [2.45, 2.75) is 17.3 Å². The fourth-order valence-corrected chi connectivity index (χ4v) is 2.32. The number of halogens is 3. The van der Waals surface area contributed by atoms with E-state index in [0.29, 0.717) is 18.8 Å². The maximum Gasteiger partial charge on any atom is 0.501 e. The van der Waals surface area contributed by atoms with E-state index in [9.17, 15) is 21.6 Å². The van der Waals surface area contributed by atoms with Crippen LogP contribution in [-0.4, -0.2) is 38.7 Å². The zero-order valence-corrected chi connectivity index (χ0v) is 11.0. The predicted molar refractivity (Wildman–Crippen MR) is 64.7 cm³/mol. The Morgan fingerprint density at radius 2 is 1.74 bits per heavy atom. The molecule has 0 aliphatic heterocycles. The summed E-state index contributed by atoms with van der Waals surface area (Å²) >= 11 is 0. The van der Waals surface area contributed by atoms with Gasteiger partial charge in [0.2, 0.25) is 0 Å². The van der Waals surface area contributed by atoms with E-state index < -0.39 is 20.2 Å². The summed E-state index contributed by atoms with van der Waals surface area (Å²) in [6.07, 6.45) is 0. The normalized spacial score (nSPS) is 12.5. The summed E-state index contributed by atoms with van der Waals surface area (Å²) in [6, 6.07) is 4.41. The highest BCUT2D eigenvalue weighted by Crippen LogP contribution is 2.31. The van der Waals surface area contributed by atoms with Crippen molar-refractivity contribution in [3.8, 4) is 0 Å². The fraction of sp³-hybridized carbons (Fsp3) is 0.455. The average Bonchev–Trinajstić information content (AvgIpc) is 2.35. The SMILES string of the molecule is CCN(CCO)c1ccc(S(=O)(=O)C(F)(F)F)cc1. The standard InChI is InChI=1S/C11H14F3NO3S/c1-2-15(7-8-16)9-3-5-10(6-4-9)19(17,18)11(12,13)14/h3-6,16H,2,7-8H2,1H3. The van der Waals surface area contributed by atoms with Gasteiger partial charge in [-0.05, 0) is 31.2 Å². The molecule has 0 aliphatic carbocycles. The number of aliphatic hydroxyl groups excluding tert-OH is 1. The van der Waals surface area contributed by atoms with Crippen molar-refractivity contribution in [3.05, 3.63) is 24.3 Å². The summed E-state index contributed by atoms with van der Waals surface area (Å²) in [5, 5.41) is 8.83. The number of alkyl halides is 3. The van der Waals surface area contributed by atoms with Crippen LogP contribution in [0.1, 0.15) is 6.92 Å². The van der Waals surface area contributed by atoms with Gasteiger partial charge in [0, 0.05) is 18.8 Å². The number of hydrogen-bond donors (Lipinski definition) is 1. The number of nitrogens with zero attached hydrogens (tertiary/aromatic N) is 1. The lowest BCUT2D eigenvalue weighted by molar-refractivity contribution is -0.0436. The van der Waals surface area contributed by atoms with E-state index in [2.05, 4.69) is 0 Å². The lowest BCUT2D eigenvalue weighted by Gasteiger charge is -2.22. The summed E-state index contributed by atoms with van der Waals surface area (Å²) in [4.78, 5) is 0.924. The molecule has 0 unspecified atom stereocenters. The van der Waals surface area contributed by atoms with Gasteiger partial charge in [-0.1, -0.05) is 0 Å². The van der Waals surface area contributed by atoms with E-state index >= 15 is 0 Å². The van der Waals surface area contributed by atoms with E-state index in [-0.39, 0.29) is 6.61 Å². The summed E-state index contributed by atoms with van der Waals surface area (Å²) < 4.78 is 59.3. The van der Waals surface area contributed by atoms with Crippen molar-refractivity contribution >= 4 is 15.5 Å². The van der Waals surface area contributed by atoms with Crippen LogP contribution in [0.2, 0.25) is 0 Å². The zero-order valence-electron chi connectivity index (χ0n) is 10.2. The molecule has 0 saturated heterocycles. The molecule has 0 aromatic heterocycles. The van der Waals surface area contributed by atoms with Gasteiger partial charge in [0.1, 0.15) is 0 Å². The molecule has 0 bridgehead atoms. The van der Waals surface area contributed by atoms with Crippen molar-refractivity contribution in [2.24, 2.45) is 0 Å². The van der Waals surface area contributed by atoms with Gasteiger partial charge in [-0.3, -0.25) is 0 Å². The third kappa shape index (κ3) is 3.38. The first-order chi connectivity index (χ1) is 8.74. The molecule has 0 spiro atoms. The predicted octanol–water partition coefficient (Wildman–Crippen LogP) is 1.80. The van der Waals surface area contributed by atoms with Gasteiger partial charge in [-0.15, -0.1) is 0 Å². The molecule has 0 atom stereocenters. The maximum absolute atomic E-state index is 12.3. The van der Waals surface area contributed by atoms with Crippen LogP contribution in [0.25, 0.3) is 0 Å². The molecule has 0 heterocycles. The lowest BCUT2D eigenvalue weighted by atomic mass is 10.3. The molecular formula is C11H14F3NO3S. The van der Waals surface area contributed by atoms with Crippen molar-refractivity contribution in [1.82, 2.24) is 0 Å². The van der Waals surface area contributed by atoms with Gasteiger partial charge in [0.05, 0.1) is 11.5 Å². The molecule has 0 aliphatic rings. The number of rotatable bonds is 5. The smallest absolute Gasteiger partial charge is 0.395 e. The molecule has 0 saturated carbocycles. The van der Waals surface area contributed by atoms with Gasteiger partial charge >= 0.3 is 5.51 Å². The van der Waals surface area contributed by atoms with Gasteiger partial charge < -0.3 is 10.0 Å². The molecule has 108 valence electrons. The first-order valence-corrected chi connectivity index (χ1v) is 6.99. The van der Waals surface area contributed by atoms with Crippen LogP contribution in [0.5, 0.6) is 0 Å². The molecule has 4 nitrogen and oxygen atoms in total. The Labute approximate surface area is 109 Å². The molecule has 0 amide bonds. The molecule has 0 radical (unpaired) electrons. The van der Waals surface area contributed by atoms with Crippen molar-refractivity contribution in [3.63, 3.8) is 0 Å². The number of benzene rings is 1. The monoisotopic (exact) mass is 297 g/mol. The summed E-state index contributed by atoms with van der Waals surface area (Å²) in [5.41, 5.74) is -4.75. The van der Waals surface area contributed by atoms with E-state index in [4.69, 9.17) is 5.11 Å². The topological polar surface area (TPSA) is 57.6 Å². The average molecular weight is 297 g/mol. The van der Waals surface area contributed by atoms with E-state index in [1.165, 1.54) is 12.1 Å². The minimum absolute atomic E-state index is 0.101. The summed E-state index contributed by atoms with van der Waals surface area (Å²) in [5.74, 6) is 0. The Morgan fingerprint density at radius 3 is 2.11 bits per heavy atom. The van der Waals surface area contributed by atoms with Crippen molar-refractivity contribution in [1.29, 1.82) is 0 Å². The van der Waals surface area contributed by atoms with Crippen LogP contribution in [0.3, 0.4) is 0 Å². The summed E-state index contributed by atoms with van der Waals surface area (Å²) in [6.45, 7) is 2.58. The first-order valence-electron chi connectivity index (χ1n) is 5.51. The molecule has 1 aromatic rings. The van der Waals surface area contributed by atoms with Crippen LogP contribution < -0.4 is 4.90 Å². The minimum atomic E-state index is -5.31. The quantitative estimate of drug-likeness (QED) is 0.900. The number of sulfone groups is 1. The summed E-state index contributed by atoms with van der Waals surface area (Å²) in [7, 11) is -5.31. The molecule has 0 fully saturated rings. The Balaban J connectivity index is 3.06. The molecular weight excluding hydrogens is 283 g/mol. The van der Waals surface area contributed by atoms with Crippen molar-refractivity contribution in [2.75, 3.05) is 24.6 Å². The number of aliphatic hydroxyl groups is 1. The maximum atomic E-state index is 12.3. The highest BCUT2D eigenvalue weighted by Gasteiger charge is 2.46. The second kappa shape index (κ2) is 5.79. The Bertz CT molecular complexity index is 511. The van der Waals surface area contributed by atoms with E-state index in [1.807, 2.05) is 6.92 Å². The molecule has 19 heavy (non-hydrogen) atoms. The third-order valence-corrected chi connectivity index (χ3v) is 4.07. The highest BCUT2D eigenvalue weighted by atomic mass is 32.2. The van der Waals surface area contributed by atoms with Crippen LogP contribution in [-0.2, 0) is 9.84 Å².